The summed E-state index contributed by atoms with van der Waals surface area (Å²) >= 11 is 0. The number of hydroxylamine groups is 2. The van der Waals surface area contributed by atoms with E-state index >= 15 is 0 Å². The molecule has 1 aromatic carbocycles. The van der Waals surface area contributed by atoms with Crippen LogP contribution in [0.4, 0.5) is 5.69 Å². The Morgan fingerprint density at radius 2 is 1.77 bits per heavy atom. The molecule has 0 bridgehead atoms. The molecule has 0 aromatic heterocycles. The van der Waals surface area contributed by atoms with E-state index in [9.17, 15) is 42.3 Å². The van der Waals surface area contributed by atoms with Gasteiger partial charge in [0.15, 0.2) is 0 Å². The van der Waals surface area contributed by atoms with Crippen molar-refractivity contribution in [2.24, 2.45) is 0 Å². The van der Waals surface area contributed by atoms with Crippen molar-refractivity contribution in [3.63, 3.8) is 0 Å². The van der Waals surface area contributed by atoms with Crippen molar-refractivity contribution in [3.05, 3.63) is 39.4 Å². The van der Waals surface area contributed by atoms with Crippen LogP contribution in [0.3, 0.4) is 0 Å². The average molecular weight is 524 g/mol. The number of unbranched alkanes of at least 4 members (excludes halogenated alkanes) is 2. The van der Waals surface area contributed by atoms with Crippen molar-refractivity contribution >= 4 is 39.6 Å². The summed E-state index contributed by atoms with van der Waals surface area (Å²) in [6.45, 7) is -0.702. The summed E-state index contributed by atoms with van der Waals surface area (Å²) in [4.78, 5) is 61.8. The Balaban J connectivity index is 0.00000612. The molecule has 1 heterocycles. The number of nitrogens with zero attached hydrogens (tertiary/aromatic N) is 2. The summed E-state index contributed by atoms with van der Waals surface area (Å²) in [5.41, 5.74) is 0.218. The van der Waals surface area contributed by atoms with Crippen LogP contribution in [0.5, 0.6) is 0 Å². The molecule has 1 atom stereocenters. The third kappa shape index (κ3) is 8.94. The molecule has 1 aromatic rings. The fourth-order valence-corrected chi connectivity index (χ4v) is 3.70. The first kappa shape index (κ1) is 30.6. The fraction of sp³-hybridized carbons (Fsp3) is 0.474. The van der Waals surface area contributed by atoms with Crippen LogP contribution in [0.2, 0.25) is 0 Å². The molecule has 1 aliphatic rings. The van der Waals surface area contributed by atoms with Crippen molar-refractivity contribution in [2.75, 3.05) is 0 Å². The molecule has 1 N–H and O–H groups in total. The minimum absolute atomic E-state index is 0. The summed E-state index contributed by atoms with van der Waals surface area (Å²) in [5.74, 6) is -4.08. The molecule has 35 heavy (non-hydrogen) atoms. The molecular formula is C19H21N2NaO12S. The van der Waals surface area contributed by atoms with Gasteiger partial charge in [0.2, 0.25) is 0 Å². The molecule has 1 saturated heterocycles. The maximum absolute atomic E-state index is 11.8. The first-order valence-electron chi connectivity index (χ1n) is 9.99. The molecule has 16 heteroatoms. The van der Waals surface area contributed by atoms with Crippen LogP contribution >= 0.6 is 0 Å². The number of nitro benzene ring substituents is 1. The number of hydrogen-bond donors (Lipinski definition) is 1. The Morgan fingerprint density at radius 1 is 1.14 bits per heavy atom. The zero-order valence-electron chi connectivity index (χ0n) is 18.7. The van der Waals surface area contributed by atoms with Crippen LogP contribution in [-0.4, -0.2) is 57.1 Å². The molecule has 0 spiro atoms. The quantitative estimate of drug-likeness (QED) is 0.0559. The van der Waals surface area contributed by atoms with Gasteiger partial charge in [-0.1, -0.05) is 12.5 Å². The van der Waals surface area contributed by atoms with Gasteiger partial charge in [-0.05, 0) is 24.5 Å². The Morgan fingerprint density at radius 3 is 2.31 bits per heavy atom. The second-order valence-corrected chi connectivity index (χ2v) is 8.83. The summed E-state index contributed by atoms with van der Waals surface area (Å²) in [7, 11) is -5.05. The maximum atomic E-state index is 11.8. The van der Waals surface area contributed by atoms with Gasteiger partial charge in [-0.15, -0.1) is 5.06 Å². The number of imide groups is 1. The normalized spacial score (nSPS) is 15.5. The van der Waals surface area contributed by atoms with E-state index in [2.05, 4.69) is 4.84 Å². The number of ether oxygens (including phenoxy) is 1. The van der Waals surface area contributed by atoms with Crippen LogP contribution in [0.1, 0.15) is 49.7 Å². The van der Waals surface area contributed by atoms with E-state index in [1.807, 2.05) is 0 Å². The Kier molecular flexibility index (Phi) is 11.9. The molecule has 0 saturated carbocycles. The third-order valence-corrected chi connectivity index (χ3v) is 5.85. The predicted molar refractivity (Wildman–Crippen MR) is 108 cm³/mol. The smallest absolute Gasteiger partial charge is 0.747 e. The van der Waals surface area contributed by atoms with Gasteiger partial charge >= 0.3 is 41.5 Å². The fourth-order valence-electron chi connectivity index (χ4n) is 3.01. The van der Waals surface area contributed by atoms with Crippen LogP contribution in [0.15, 0.2) is 18.2 Å². The topological polar surface area (TPSA) is 211 Å². The molecule has 186 valence electrons. The van der Waals surface area contributed by atoms with Crippen LogP contribution in [-0.2, 0) is 52.1 Å². The molecule has 0 radical (unpaired) electrons. The van der Waals surface area contributed by atoms with Crippen molar-refractivity contribution in [3.8, 4) is 0 Å². The minimum atomic E-state index is -5.05. The van der Waals surface area contributed by atoms with Crippen molar-refractivity contribution in [1.82, 2.24) is 5.06 Å². The SMILES string of the molecule is O=C(CCCCCC(=O)ON1C(=O)CC(S(=O)(=O)[O-])C1=O)OCc1ccc(CO)c([N+](=O)[O-])c1.[Na+]. The van der Waals surface area contributed by atoms with E-state index in [-0.39, 0.29) is 71.7 Å². The molecule has 0 aliphatic carbocycles. The summed E-state index contributed by atoms with van der Waals surface area (Å²) < 4.78 is 37.9. The van der Waals surface area contributed by atoms with Gasteiger partial charge < -0.3 is 19.2 Å². The summed E-state index contributed by atoms with van der Waals surface area (Å²) in [5, 5.41) is 18.0. The molecule has 1 aliphatic heterocycles. The van der Waals surface area contributed by atoms with Gasteiger partial charge in [0.1, 0.15) is 22.0 Å². The maximum Gasteiger partial charge on any atom is 1.00 e. The van der Waals surface area contributed by atoms with E-state index < -0.39 is 57.1 Å². The number of hydrogen-bond acceptors (Lipinski definition) is 12. The number of carbonyl (C=O) groups excluding carboxylic acids is 4. The van der Waals surface area contributed by atoms with E-state index in [0.717, 1.165) is 0 Å². The van der Waals surface area contributed by atoms with Crippen molar-refractivity contribution in [2.45, 2.75) is 57.0 Å². The second kappa shape index (κ2) is 13.6. The molecule has 1 unspecified atom stereocenters. The van der Waals surface area contributed by atoms with Crippen LogP contribution in [0.25, 0.3) is 0 Å². The minimum Gasteiger partial charge on any atom is -0.747 e. The first-order valence-corrected chi connectivity index (χ1v) is 11.5. The zero-order valence-corrected chi connectivity index (χ0v) is 21.5. The predicted octanol–water partition coefficient (Wildman–Crippen LogP) is -2.78. The van der Waals surface area contributed by atoms with Gasteiger partial charge in [0.05, 0.1) is 23.5 Å². The molecular weight excluding hydrogens is 503 g/mol. The van der Waals surface area contributed by atoms with E-state index in [1.165, 1.54) is 18.2 Å². The summed E-state index contributed by atoms with van der Waals surface area (Å²) in [6, 6.07) is 4.06. The molecule has 2 amide bonds. The number of rotatable bonds is 12. The Labute approximate surface area is 221 Å². The largest absolute Gasteiger partial charge is 1.00 e. The number of aliphatic hydroxyl groups is 1. The van der Waals surface area contributed by atoms with Crippen LogP contribution in [0, 0.1) is 10.1 Å². The number of amides is 2. The third-order valence-electron chi connectivity index (χ3n) is 4.78. The standard InChI is InChI=1S/C19H22N2O12S.Na/c22-10-13-7-6-12(8-14(13)21(27)28)11-32-17(24)4-2-1-3-5-18(25)33-20-16(23)9-15(19(20)26)34(29,30)31;/h6-8,15,22H,1-5,9-11H2,(H,29,30,31);/q;+1/p-1. The monoisotopic (exact) mass is 524 g/mol. The number of esters is 1. The number of nitro groups is 1. The van der Waals surface area contributed by atoms with Gasteiger partial charge in [-0.25, -0.2) is 13.2 Å². The van der Waals surface area contributed by atoms with Crippen molar-refractivity contribution < 1.29 is 81.3 Å². The molecule has 2 rings (SSSR count). The van der Waals surface area contributed by atoms with Gasteiger partial charge in [0, 0.05) is 18.9 Å². The Bertz CT molecular complexity index is 1090. The number of benzene rings is 1. The van der Waals surface area contributed by atoms with Gasteiger partial charge in [-0.3, -0.25) is 24.5 Å². The number of aliphatic hydroxyl groups excluding tert-OH is 1. The average Bonchev–Trinajstić information content (AvgIpc) is 3.05. The van der Waals surface area contributed by atoms with Gasteiger partial charge in [-0.2, -0.15) is 0 Å². The second-order valence-electron chi connectivity index (χ2n) is 7.27. The van der Waals surface area contributed by atoms with Crippen molar-refractivity contribution in [1.29, 1.82) is 0 Å². The molecule has 1 fully saturated rings. The van der Waals surface area contributed by atoms with E-state index in [1.54, 1.807) is 0 Å². The van der Waals surface area contributed by atoms with Crippen LogP contribution < -0.4 is 29.6 Å². The van der Waals surface area contributed by atoms with Gasteiger partial charge in [0.25, 0.3) is 17.5 Å². The first-order chi connectivity index (χ1) is 15.9. The zero-order chi connectivity index (χ0) is 25.5. The van der Waals surface area contributed by atoms with E-state index in [0.29, 0.717) is 18.4 Å². The molecule has 14 nitrogen and oxygen atoms in total. The number of carbonyl (C=O) groups is 4. The van der Waals surface area contributed by atoms with E-state index in [4.69, 9.17) is 9.84 Å². The Hall–Kier alpha value is -2.43. The summed E-state index contributed by atoms with van der Waals surface area (Å²) in [6.07, 6.45) is -0.201.